The summed E-state index contributed by atoms with van der Waals surface area (Å²) in [5.41, 5.74) is 0.0111. The topological polar surface area (TPSA) is 82.1 Å². The standard InChI is InChI=1S/C14H21ClN4O3/c1-9(20)6-4-5-7-19-13(21)11-12(18(3)14(19)22)16-10(8-15)17(11)2/h9,20H,4-8H2,1-3H3/t9-/m1/s1. The number of rotatable bonds is 6. The van der Waals surface area contributed by atoms with Crippen LogP contribution in [0.2, 0.25) is 0 Å². The Morgan fingerprint density at radius 3 is 2.50 bits per heavy atom. The summed E-state index contributed by atoms with van der Waals surface area (Å²) >= 11 is 5.82. The van der Waals surface area contributed by atoms with Crippen molar-refractivity contribution < 1.29 is 5.11 Å². The monoisotopic (exact) mass is 328 g/mol. The van der Waals surface area contributed by atoms with Gasteiger partial charge in [0, 0.05) is 20.6 Å². The summed E-state index contributed by atoms with van der Waals surface area (Å²) in [6, 6.07) is 0. The van der Waals surface area contributed by atoms with Crippen molar-refractivity contribution in [3.05, 3.63) is 26.7 Å². The molecule has 0 aliphatic rings. The van der Waals surface area contributed by atoms with Crippen molar-refractivity contribution >= 4 is 22.8 Å². The Morgan fingerprint density at radius 2 is 1.91 bits per heavy atom. The number of hydrogen-bond donors (Lipinski definition) is 1. The number of imidazole rings is 1. The van der Waals surface area contributed by atoms with Crippen LogP contribution in [0.25, 0.3) is 11.2 Å². The number of aryl methyl sites for hydroxylation is 2. The molecule has 0 spiro atoms. The fourth-order valence-electron chi connectivity index (χ4n) is 2.51. The van der Waals surface area contributed by atoms with Gasteiger partial charge in [-0.1, -0.05) is 0 Å². The van der Waals surface area contributed by atoms with Crippen LogP contribution in [0.5, 0.6) is 0 Å². The number of aromatic nitrogens is 4. The van der Waals surface area contributed by atoms with Gasteiger partial charge in [-0.25, -0.2) is 9.78 Å². The first-order chi connectivity index (χ1) is 10.4. The lowest BCUT2D eigenvalue weighted by Gasteiger charge is -2.09. The summed E-state index contributed by atoms with van der Waals surface area (Å²) in [6.45, 7) is 2.05. The van der Waals surface area contributed by atoms with Gasteiger partial charge in [-0.05, 0) is 26.2 Å². The molecule has 2 rings (SSSR count). The zero-order chi connectivity index (χ0) is 16.4. The zero-order valence-electron chi connectivity index (χ0n) is 13.0. The van der Waals surface area contributed by atoms with Crippen LogP contribution in [0.3, 0.4) is 0 Å². The predicted molar refractivity (Wildman–Crippen MR) is 85.3 cm³/mol. The highest BCUT2D eigenvalue weighted by Gasteiger charge is 2.17. The maximum Gasteiger partial charge on any atom is 0.332 e. The summed E-state index contributed by atoms with van der Waals surface area (Å²) in [5.74, 6) is 0.725. The van der Waals surface area contributed by atoms with Crippen molar-refractivity contribution in [3.8, 4) is 0 Å². The molecule has 7 nitrogen and oxygen atoms in total. The quantitative estimate of drug-likeness (QED) is 0.626. The van der Waals surface area contributed by atoms with E-state index in [1.54, 1.807) is 25.6 Å². The molecule has 2 aromatic rings. The summed E-state index contributed by atoms with van der Waals surface area (Å²) in [7, 11) is 3.32. The Morgan fingerprint density at radius 1 is 1.23 bits per heavy atom. The van der Waals surface area contributed by atoms with Crippen molar-refractivity contribution in [2.75, 3.05) is 0 Å². The Hall–Kier alpha value is -1.60. The molecule has 0 bridgehead atoms. The number of alkyl halides is 1. The van der Waals surface area contributed by atoms with E-state index in [2.05, 4.69) is 4.98 Å². The minimum Gasteiger partial charge on any atom is -0.393 e. The number of fused-ring (bicyclic) bond motifs is 1. The van der Waals surface area contributed by atoms with Gasteiger partial charge in [0.15, 0.2) is 11.2 Å². The third kappa shape index (κ3) is 2.96. The van der Waals surface area contributed by atoms with Crippen LogP contribution in [0.4, 0.5) is 0 Å². The van der Waals surface area contributed by atoms with Crippen LogP contribution in [-0.2, 0) is 26.5 Å². The zero-order valence-corrected chi connectivity index (χ0v) is 13.8. The van der Waals surface area contributed by atoms with Crippen molar-refractivity contribution in [2.45, 2.75) is 44.7 Å². The van der Waals surface area contributed by atoms with Gasteiger partial charge < -0.3 is 9.67 Å². The number of unbranched alkanes of at least 4 members (excludes halogenated alkanes) is 1. The lowest BCUT2D eigenvalue weighted by molar-refractivity contribution is 0.180. The maximum absolute atomic E-state index is 12.6. The van der Waals surface area contributed by atoms with Crippen molar-refractivity contribution in [1.82, 2.24) is 18.7 Å². The highest BCUT2D eigenvalue weighted by molar-refractivity contribution is 6.16. The Labute approximate surface area is 132 Å². The molecule has 1 atom stereocenters. The van der Waals surface area contributed by atoms with Crippen molar-refractivity contribution in [2.24, 2.45) is 14.1 Å². The number of aliphatic hydroxyl groups excluding tert-OH is 1. The molecule has 0 aliphatic heterocycles. The van der Waals surface area contributed by atoms with Crippen LogP contribution >= 0.6 is 11.6 Å². The van der Waals surface area contributed by atoms with E-state index in [-0.39, 0.29) is 23.2 Å². The minimum atomic E-state index is -0.381. The number of nitrogens with zero attached hydrogens (tertiary/aromatic N) is 4. The fourth-order valence-corrected chi connectivity index (χ4v) is 2.75. The molecule has 0 saturated carbocycles. The lowest BCUT2D eigenvalue weighted by atomic mass is 10.2. The van der Waals surface area contributed by atoms with Crippen LogP contribution in [0, 0.1) is 0 Å². The summed E-state index contributed by atoms with van der Waals surface area (Å²) in [5, 5.41) is 9.25. The largest absolute Gasteiger partial charge is 0.393 e. The lowest BCUT2D eigenvalue weighted by Crippen LogP contribution is -2.39. The van der Waals surface area contributed by atoms with Crippen LogP contribution in [0.1, 0.15) is 32.0 Å². The van der Waals surface area contributed by atoms with Crippen LogP contribution in [0.15, 0.2) is 9.59 Å². The average Bonchev–Trinajstić information content (AvgIpc) is 2.81. The number of halogens is 1. The van der Waals surface area contributed by atoms with E-state index in [1.165, 1.54) is 9.13 Å². The number of aliphatic hydroxyl groups is 1. The second-order valence-electron chi connectivity index (χ2n) is 5.54. The predicted octanol–water partition coefficient (Wildman–Crippen LogP) is 0.724. The van der Waals surface area contributed by atoms with Gasteiger partial charge in [-0.2, -0.15) is 0 Å². The van der Waals surface area contributed by atoms with E-state index in [9.17, 15) is 14.7 Å². The second kappa shape index (κ2) is 6.66. The Balaban J connectivity index is 2.45. The van der Waals surface area contributed by atoms with E-state index >= 15 is 0 Å². The molecular formula is C14H21ClN4O3. The highest BCUT2D eigenvalue weighted by Crippen LogP contribution is 2.11. The molecule has 0 aromatic carbocycles. The normalized spacial score (nSPS) is 13.0. The molecule has 0 radical (unpaired) electrons. The second-order valence-corrected chi connectivity index (χ2v) is 5.80. The summed E-state index contributed by atoms with van der Waals surface area (Å²) in [4.78, 5) is 29.2. The molecule has 122 valence electrons. The van der Waals surface area contributed by atoms with Gasteiger partial charge in [0.05, 0.1) is 12.0 Å². The highest BCUT2D eigenvalue weighted by atomic mass is 35.5. The molecule has 2 heterocycles. The molecule has 0 fully saturated rings. The molecule has 2 aromatic heterocycles. The third-order valence-corrected chi connectivity index (χ3v) is 4.06. The molecule has 0 unspecified atom stereocenters. The van der Waals surface area contributed by atoms with Crippen LogP contribution in [-0.4, -0.2) is 29.9 Å². The van der Waals surface area contributed by atoms with E-state index in [1.807, 2.05) is 0 Å². The summed E-state index contributed by atoms with van der Waals surface area (Å²) < 4.78 is 4.24. The Bertz CT molecular complexity index is 788. The first kappa shape index (κ1) is 16.8. The van der Waals surface area contributed by atoms with E-state index in [0.717, 1.165) is 6.42 Å². The molecular weight excluding hydrogens is 308 g/mol. The molecule has 8 heteroatoms. The van der Waals surface area contributed by atoms with E-state index < -0.39 is 0 Å². The fraction of sp³-hybridized carbons (Fsp3) is 0.643. The van der Waals surface area contributed by atoms with E-state index in [0.29, 0.717) is 36.4 Å². The smallest absolute Gasteiger partial charge is 0.332 e. The van der Waals surface area contributed by atoms with Gasteiger partial charge in [0.25, 0.3) is 5.56 Å². The van der Waals surface area contributed by atoms with Crippen molar-refractivity contribution in [1.29, 1.82) is 0 Å². The Kier molecular flexibility index (Phi) is 5.08. The van der Waals surface area contributed by atoms with E-state index in [4.69, 9.17) is 11.6 Å². The van der Waals surface area contributed by atoms with Gasteiger partial charge in [0.2, 0.25) is 0 Å². The van der Waals surface area contributed by atoms with Gasteiger partial charge >= 0.3 is 5.69 Å². The van der Waals surface area contributed by atoms with Crippen molar-refractivity contribution in [3.63, 3.8) is 0 Å². The van der Waals surface area contributed by atoms with Gasteiger partial charge in [-0.15, -0.1) is 11.6 Å². The molecule has 0 saturated heterocycles. The van der Waals surface area contributed by atoms with Crippen LogP contribution < -0.4 is 11.2 Å². The van der Waals surface area contributed by atoms with Gasteiger partial charge in [0.1, 0.15) is 5.82 Å². The number of hydrogen-bond acceptors (Lipinski definition) is 4. The van der Waals surface area contributed by atoms with Gasteiger partial charge in [-0.3, -0.25) is 13.9 Å². The first-order valence-electron chi connectivity index (χ1n) is 7.27. The average molecular weight is 329 g/mol. The molecule has 0 aliphatic carbocycles. The maximum atomic E-state index is 12.6. The molecule has 22 heavy (non-hydrogen) atoms. The molecule has 1 N–H and O–H groups in total. The SMILES string of the molecule is C[C@@H](O)CCCCn1c(=O)c2c(nc(CCl)n2C)n(C)c1=O. The molecule has 0 amide bonds. The third-order valence-electron chi connectivity index (χ3n) is 3.83. The minimum absolute atomic E-state index is 0.174. The first-order valence-corrected chi connectivity index (χ1v) is 7.81. The summed E-state index contributed by atoms with van der Waals surface area (Å²) in [6.07, 6.45) is 1.69.